The molecule has 1 amide bonds. The lowest BCUT2D eigenvalue weighted by Crippen LogP contribution is -2.45. The fraction of sp³-hybridized carbons (Fsp3) is 0.837. The fourth-order valence-electron chi connectivity index (χ4n) is 6.14. The Labute approximate surface area is 320 Å². The highest BCUT2D eigenvalue weighted by atomic mass is 31.2. The number of carbonyl (C=O) groups excluding carboxylic acids is 1. The number of nitrogens with one attached hydrogen (secondary N) is 1. The van der Waals surface area contributed by atoms with E-state index in [2.05, 4.69) is 43.5 Å². The number of nitrogens with two attached hydrogens (primary N) is 1. The van der Waals surface area contributed by atoms with Gasteiger partial charge in [-0.2, -0.15) is 0 Å². The Bertz CT molecular complexity index is 912. The van der Waals surface area contributed by atoms with Crippen molar-refractivity contribution in [3.8, 4) is 0 Å². The van der Waals surface area contributed by atoms with Crippen molar-refractivity contribution in [1.29, 1.82) is 0 Å². The summed E-state index contributed by atoms with van der Waals surface area (Å²) in [6, 6.07) is -0.879. The highest BCUT2D eigenvalue weighted by Crippen LogP contribution is 2.43. The van der Waals surface area contributed by atoms with Crippen LogP contribution >= 0.6 is 7.82 Å². The Kier molecular flexibility index (Phi) is 38.4. The molecule has 9 heteroatoms. The number of aliphatic hydroxyl groups excluding tert-OH is 1. The van der Waals surface area contributed by atoms with Crippen LogP contribution in [0, 0.1) is 0 Å². The molecule has 3 atom stereocenters. The Morgan fingerprint density at radius 2 is 1.02 bits per heavy atom. The minimum absolute atomic E-state index is 0.0726. The third-order valence-corrected chi connectivity index (χ3v) is 10.4. The minimum atomic E-state index is -4.35. The van der Waals surface area contributed by atoms with Crippen molar-refractivity contribution >= 4 is 13.7 Å². The Morgan fingerprint density at radius 3 is 1.50 bits per heavy atom. The van der Waals surface area contributed by atoms with Gasteiger partial charge in [-0.15, -0.1) is 0 Å². The van der Waals surface area contributed by atoms with Crippen LogP contribution in [0.2, 0.25) is 0 Å². The Morgan fingerprint density at radius 1 is 0.615 bits per heavy atom. The van der Waals surface area contributed by atoms with E-state index in [0.29, 0.717) is 6.42 Å². The van der Waals surface area contributed by atoms with Crippen molar-refractivity contribution in [3.63, 3.8) is 0 Å². The van der Waals surface area contributed by atoms with E-state index >= 15 is 0 Å². The molecule has 52 heavy (non-hydrogen) atoms. The summed E-state index contributed by atoms with van der Waals surface area (Å²) in [6.07, 6.45) is 46.3. The number of phosphoric acid groups is 1. The standard InChI is InChI=1S/C43H83N2O6P/c1-3-5-7-9-11-13-15-17-18-19-20-21-22-23-25-26-28-30-32-34-36-42(46)41(40-51-52(48,49)50-39-38-44)45-43(47)37-35-33-31-29-27-24-16-14-12-10-8-6-4-2/h14,16,26,28,34,36,41-42,46H,3-13,15,17-25,27,29-33,35,37-40,44H2,1-2H3,(H,45,47)(H,48,49)/b16-14-,28-26+,36-34+. The number of aliphatic hydroxyl groups is 1. The molecule has 0 aromatic rings. The van der Waals surface area contributed by atoms with Gasteiger partial charge in [0.2, 0.25) is 5.91 Å². The summed E-state index contributed by atoms with van der Waals surface area (Å²) in [4.78, 5) is 22.6. The lowest BCUT2D eigenvalue weighted by atomic mass is 10.0. The van der Waals surface area contributed by atoms with E-state index < -0.39 is 20.0 Å². The first kappa shape index (κ1) is 50.7. The second kappa shape index (κ2) is 39.4. The van der Waals surface area contributed by atoms with E-state index in [-0.39, 0.29) is 25.7 Å². The van der Waals surface area contributed by atoms with Gasteiger partial charge in [0.05, 0.1) is 25.4 Å². The molecular formula is C43H83N2O6P. The van der Waals surface area contributed by atoms with Crippen LogP contribution in [-0.2, 0) is 18.4 Å². The molecule has 3 unspecified atom stereocenters. The zero-order valence-electron chi connectivity index (χ0n) is 33.8. The molecule has 0 aliphatic heterocycles. The van der Waals surface area contributed by atoms with Gasteiger partial charge in [-0.1, -0.05) is 172 Å². The van der Waals surface area contributed by atoms with E-state index in [1.165, 1.54) is 128 Å². The molecule has 0 saturated carbocycles. The highest BCUT2D eigenvalue weighted by molar-refractivity contribution is 7.47. The number of phosphoric ester groups is 1. The van der Waals surface area contributed by atoms with Crippen molar-refractivity contribution in [2.24, 2.45) is 5.73 Å². The molecule has 0 aliphatic carbocycles. The van der Waals surface area contributed by atoms with Crippen molar-refractivity contribution in [3.05, 3.63) is 36.5 Å². The zero-order chi connectivity index (χ0) is 38.2. The van der Waals surface area contributed by atoms with Crippen LogP contribution in [0.25, 0.3) is 0 Å². The zero-order valence-corrected chi connectivity index (χ0v) is 34.7. The average Bonchev–Trinajstić information content (AvgIpc) is 3.13. The number of rotatable bonds is 40. The number of hydrogen-bond acceptors (Lipinski definition) is 6. The van der Waals surface area contributed by atoms with Crippen LogP contribution in [0.5, 0.6) is 0 Å². The monoisotopic (exact) mass is 755 g/mol. The maximum absolute atomic E-state index is 12.7. The summed E-state index contributed by atoms with van der Waals surface area (Å²) < 4.78 is 22.1. The van der Waals surface area contributed by atoms with Gasteiger partial charge in [-0.3, -0.25) is 13.8 Å². The first-order valence-corrected chi connectivity index (χ1v) is 23.1. The predicted octanol–water partition coefficient (Wildman–Crippen LogP) is 11.9. The molecule has 0 saturated heterocycles. The van der Waals surface area contributed by atoms with E-state index in [1.54, 1.807) is 6.08 Å². The topological polar surface area (TPSA) is 131 Å². The maximum atomic E-state index is 12.7. The SMILES string of the molecule is CCCCCC/C=C\CCCCCCCC(=O)NC(COP(=O)(O)OCCN)C(O)/C=C/CC/C=C/CCCCCCCCCCCCCCCC. The molecule has 0 spiro atoms. The normalized spacial score (nSPS) is 14.5. The lowest BCUT2D eigenvalue weighted by Gasteiger charge is -2.23. The predicted molar refractivity (Wildman–Crippen MR) is 221 cm³/mol. The van der Waals surface area contributed by atoms with Gasteiger partial charge in [-0.25, -0.2) is 4.57 Å². The second-order valence-corrected chi connectivity index (χ2v) is 16.0. The Balaban J connectivity index is 4.26. The first-order valence-electron chi connectivity index (χ1n) is 21.6. The second-order valence-electron chi connectivity index (χ2n) is 14.5. The van der Waals surface area contributed by atoms with E-state index in [0.717, 1.165) is 51.4 Å². The maximum Gasteiger partial charge on any atom is 0.472 e. The number of hydrogen-bond donors (Lipinski definition) is 4. The summed E-state index contributed by atoms with van der Waals surface area (Å²) in [6.45, 7) is 4.09. The quantitative estimate of drug-likeness (QED) is 0.0278. The van der Waals surface area contributed by atoms with Crippen molar-refractivity contribution in [1.82, 2.24) is 5.32 Å². The largest absolute Gasteiger partial charge is 0.472 e. The van der Waals surface area contributed by atoms with Gasteiger partial charge >= 0.3 is 7.82 Å². The molecule has 0 aromatic heterocycles. The fourth-order valence-corrected chi connectivity index (χ4v) is 6.90. The number of amides is 1. The molecular weight excluding hydrogens is 671 g/mol. The number of carbonyl (C=O) groups is 1. The summed E-state index contributed by atoms with van der Waals surface area (Å²) in [7, 11) is -4.35. The van der Waals surface area contributed by atoms with Gasteiger partial charge < -0.3 is 21.1 Å². The van der Waals surface area contributed by atoms with Gasteiger partial charge in [0.25, 0.3) is 0 Å². The smallest absolute Gasteiger partial charge is 0.387 e. The molecule has 0 rings (SSSR count). The van der Waals surface area contributed by atoms with Crippen LogP contribution in [0.3, 0.4) is 0 Å². The third-order valence-electron chi connectivity index (χ3n) is 9.44. The minimum Gasteiger partial charge on any atom is -0.387 e. The summed E-state index contributed by atoms with van der Waals surface area (Å²) >= 11 is 0. The van der Waals surface area contributed by atoms with Crippen LogP contribution < -0.4 is 11.1 Å². The van der Waals surface area contributed by atoms with Crippen LogP contribution in [0.15, 0.2) is 36.5 Å². The van der Waals surface area contributed by atoms with Crippen LogP contribution in [-0.4, -0.2) is 47.8 Å². The molecule has 5 N–H and O–H groups in total. The molecule has 0 aliphatic rings. The highest BCUT2D eigenvalue weighted by Gasteiger charge is 2.26. The van der Waals surface area contributed by atoms with Gasteiger partial charge in [0.15, 0.2) is 0 Å². The van der Waals surface area contributed by atoms with Crippen LogP contribution in [0.1, 0.15) is 200 Å². The molecule has 0 heterocycles. The van der Waals surface area contributed by atoms with Gasteiger partial charge in [0.1, 0.15) is 0 Å². The Hall–Kier alpha value is -1.28. The van der Waals surface area contributed by atoms with Gasteiger partial charge in [-0.05, 0) is 57.8 Å². The van der Waals surface area contributed by atoms with Crippen LogP contribution in [0.4, 0.5) is 0 Å². The molecule has 0 radical (unpaired) electrons. The van der Waals surface area contributed by atoms with E-state index in [9.17, 15) is 19.4 Å². The number of allylic oxidation sites excluding steroid dienone is 5. The summed E-state index contributed by atoms with van der Waals surface area (Å²) in [5, 5.41) is 13.6. The summed E-state index contributed by atoms with van der Waals surface area (Å²) in [5.41, 5.74) is 5.36. The third kappa shape index (κ3) is 37.1. The molecule has 0 fully saturated rings. The molecule has 306 valence electrons. The van der Waals surface area contributed by atoms with E-state index in [4.69, 9.17) is 14.8 Å². The summed E-state index contributed by atoms with van der Waals surface area (Å²) in [5.74, 6) is -0.214. The lowest BCUT2D eigenvalue weighted by molar-refractivity contribution is -0.123. The number of unbranched alkanes of at least 4 members (excludes halogenated alkanes) is 24. The molecule has 8 nitrogen and oxygen atoms in total. The van der Waals surface area contributed by atoms with Crippen molar-refractivity contribution < 1.29 is 28.4 Å². The van der Waals surface area contributed by atoms with E-state index in [1.807, 2.05) is 6.08 Å². The van der Waals surface area contributed by atoms with Crippen molar-refractivity contribution in [2.75, 3.05) is 19.8 Å². The average molecular weight is 755 g/mol. The first-order chi connectivity index (χ1) is 25.4. The van der Waals surface area contributed by atoms with Crippen molar-refractivity contribution in [2.45, 2.75) is 212 Å². The molecule has 0 bridgehead atoms. The van der Waals surface area contributed by atoms with Gasteiger partial charge in [0, 0.05) is 13.0 Å². The molecule has 0 aromatic carbocycles.